The number of amides is 2. The highest BCUT2D eigenvalue weighted by atomic mass is 35.5. The molecule has 1 aromatic heterocycles. The lowest BCUT2D eigenvalue weighted by Gasteiger charge is -2.59. The molecule has 0 radical (unpaired) electrons. The number of aromatic nitrogens is 1. The number of nitrogens with one attached hydrogen (secondary N) is 3. The number of benzene rings is 1. The van der Waals surface area contributed by atoms with E-state index >= 15 is 4.39 Å². The SMILES string of the molecule is O=C(N[C@@H]1CC[C@@H](CO)OC1)[C@@H]1NC2(CC(CF)(CF)C2)[C@@]2(C(=O)Nc3cc(Cl)ccc32)[C@H]1c1ccnc(Cl)c1F. The van der Waals surface area contributed by atoms with Crippen molar-refractivity contribution in [2.75, 3.05) is 31.9 Å². The third-order valence-electron chi connectivity index (χ3n) is 9.33. The number of aliphatic hydroxyl groups is 1. The lowest BCUT2D eigenvalue weighted by molar-refractivity contribution is -0.131. The molecule has 1 aromatic carbocycles. The second-order valence-electron chi connectivity index (χ2n) is 11.7. The zero-order chi connectivity index (χ0) is 29.2. The van der Waals surface area contributed by atoms with Gasteiger partial charge in [-0.3, -0.25) is 23.7 Å². The predicted octanol–water partition coefficient (Wildman–Crippen LogP) is 3.59. The minimum atomic E-state index is -1.64. The molecule has 2 amide bonds. The van der Waals surface area contributed by atoms with Gasteiger partial charge in [0.25, 0.3) is 0 Å². The van der Waals surface area contributed by atoms with Crippen molar-refractivity contribution in [1.29, 1.82) is 0 Å². The summed E-state index contributed by atoms with van der Waals surface area (Å²) in [6.07, 6.45) is 1.83. The van der Waals surface area contributed by atoms with Gasteiger partial charge >= 0.3 is 0 Å². The Hall–Kier alpha value is -2.44. The Morgan fingerprint density at radius 1 is 1.20 bits per heavy atom. The van der Waals surface area contributed by atoms with Crippen molar-refractivity contribution in [1.82, 2.24) is 15.6 Å². The van der Waals surface area contributed by atoms with E-state index in [1.165, 1.54) is 12.3 Å². The molecule has 5 atom stereocenters. The molecule has 8 nitrogen and oxygen atoms in total. The molecule has 2 saturated heterocycles. The van der Waals surface area contributed by atoms with E-state index in [4.69, 9.17) is 27.9 Å². The van der Waals surface area contributed by atoms with E-state index in [1.54, 1.807) is 18.2 Å². The van der Waals surface area contributed by atoms with Crippen molar-refractivity contribution in [3.8, 4) is 0 Å². The number of pyridine rings is 1. The lowest BCUT2D eigenvalue weighted by atomic mass is 9.46. The minimum Gasteiger partial charge on any atom is -0.394 e. The summed E-state index contributed by atoms with van der Waals surface area (Å²) in [5.74, 6) is -3.12. The summed E-state index contributed by atoms with van der Waals surface area (Å²) in [6.45, 7) is -1.89. The van der Waals surface area contributed by atoms with Crippen LogP contribution in [-0.2, 0) is 19.7 Å². The Bertz CT molecular complexity index is 1380. The third kappa shape index (κ3) is 4.18. The van der Waals surface area contributed by atoms with Gasteiger partial charge in [-0.2, -0.15) is 0 Å². The van der Waals surface area contributed by atoms with Gasteiger partial charge in [0.05, 0.1) is 44.8 Å². The fourth-order valence-electron chi connectivity index (χ4n) is 7.62. The smallest absolute Gasteiger partial charge is 0.238 e. The molecule has 1 aliphatic carbocycles. The fourth-order valence-corrected chi connectivity index (χ4v) is 7.96. The first kappa shape index (κ1) is 28.7. The van der Waals surface area contributed by atoms with Gasteiger partial charge in [0.2, 0.25) is 11.8 Å². The van der Waals surface area contributed by atoms with Crippen molar-refractivity contribution in [2.45, 2.75) is 60.7 Å². The number of ether oxygens (including phenoxy) is 1. The quantitative estimate of drug-likeness (QED) is 0.371. The van der Waals surface area contributed by atoms with Gasteiger partial charge < -0.3 is 20.5 Å². The molecule has 2 aromatic rings. The highest BCUT2D eigenvalue weighted by molar-refractivity contribution is 6.31. The van der Waals surface area contributed by atoms with Crippen LogP contribution in [-0.4, -0.2) is 72.2 Å². The summed E-state index contributed by atoms with van der Waals surface area (Å²) in [4.78, 5) is 32.1. The maximum atomic E-state index is 15.8. The molecule has 41 heavy (non-hydrogen) atoms. The zero-order valence-corrected chi connectivity index (χ0v) is 23.4. The van der Waals surface area contributed by atoms with Gasteiger partial charge in [0.15, 0.2) is 11.0 Å². The number of halogens is 5. The number of hydrogen-bond donors (Lipinski definition) is 4. The molecule has 0 unspecified atom stereocenters. The van der Waals surface area contributed by atoms with Crippen molar-refractivity contribution >= 4 is 40.7 Å². The maximum Gasteiger partial charge on any atom is 0.238 e. The highest BCUT2D eigenvalue weighted by Gasteiger charge is 2.78. The Morgan fingerprint density at radius 3 is 2.61 bits per heavy atom. The number of anilines is 1. The highest BCUT2D eigenvalue weighted by Crippen LogP contribution is 2.68. The van der Waals surface area contributed by atoms with Crippen LogP contribution in [0.1, 0.15) is 42.7 Å². The number of carbonyl (C=O) groups is 2. The van der Waals surface area contributed by atoms with Crippen LogP contribution < -0.4 is 16.0 Å². The molecule has 3 aliphatic heterocycles. The first-order valence-corrected chi connectivity index (χ1v) is 14.2. The molecule has 2 spiro atoms. The Labute approximate surface area is 244 Å². The van der Waals surface area contributed by atoms with Crippen LogP contribution in [0.25, 0.3) is 0 Å². The average Bonchev–Trinajstić information content (AvgIpc) is 3.41. The van der Waals surface area contributed by atoms with Crippen LogP contribution in [0.4, 0.5) is 18.9 Å². The summed E-state index contributed by atoms with van der Waals surface area (Å²) in [7, 11) is 0. The minimum absolute atomic E-state index is 0.0225. The third-order valence-corrected chi connectivity index (χ3v) is 9.83. The van der Waals surface area contributed by atoms with Crippen molar-refractivity contribution in [2.24, 2.45) is 5.41 Å². The first-order valence-electron chi connectivity index (χ1n) is 13.5. The van der Waals surface area contributed by atoms with Gasteiger partial charge in [-0.1, -0.05) is 29.3 Å². The molecule has 13 heteroatoms. The predicted molar refractivity (Wildman–Crippen MR) is 145 cm³/mol. The molecule has 4 N–H and O–H groups in total. The van der Waals surface area contributed by atoms with Crippen molar-refractivity contribution in [3.05, 3.63) is 57.6 Å². The van der Waals surface area contributed by atoms with Crippen molar-refractivity contribution in [3.63, 3.8) is 0 Å². The second kappa shape index (κ2) is 10.4. The second-order valence-corrected chi connectivity index (χ2v) is 12.5. The van der Waals surface area contributed by atoms with Crippen LogP contribution in [0.5, 0.6) is 0 Å². The van der Waals surface area contributed by atoms with E-state index in [-0.39, 0.29) is 37.7 Å². The largest absolute Gasteiger partial charge is 0.394 e. The number of rotatable bonds is 6. The molecule has 0 bridgehead atoms. The van der Waals surface area contributed by atoms with Gasteiger partial charge in [-0.25, -0.2) is 9.37 Å². The molecule has 3 fully saturated rings. The molecule has 4 heterocycles. The van der Waals surface area contributed by atoms with Crippen molar-refractivity contribution < 1.29 is 32.6 Å². The van der Waals surface area contributed by atoms with E-state index in [0.717, 1.165) is 0 Å². The summed E-state index contributed by atoms with van der Waals surface area (Å²) >= 11 is 12.3. The van der Waals surface area contributed by atoms with E-state index in [2.05, 4.69) is 20.9 Å². The maximum absolute atomic E-state index is 15.8. The number of fused-ring (bicyclic) bond motifs is 3. The number of carbonyl (C=O) groups excluding carboxylic acids is 2. The average molecular weight is 613 g/mol. The molecule has 220 valence electrons. The monoisotopic (exact) mass is 612 g/mol. The standard InChI is InChI=1S/C28H29Cl2F3N4O4/c29-14-1-4-18-19(7-14)36-25(40)28(18)20(17-5-6-34-23(30)21(17)33)22(37-27(28)10-26(11-27,12-31)13-32)24(39)35-15-2-3-16(8-38)41-9-15/h1,4-7,15-16,20,22,37-38H,2-3,8-13H2,(H,35,39)(H,36,40)/t15-,16+,20+,22-,28-/m1/s1. The number of nitrogens with zero attached hydrogens (tertiary/aromatic N) is 1. The molecular formula is C28H29Cl2F3N4O4. The van der Waals surface area contributed by atoms with E-state index in [9.17, 15) is 23.5 Å². The first-order chi connectivity index (χ1) is 19.6. The van der Waals surface area contributed by atoms with Gasteiger partial charge in [0.1, 0.15) is 5.41 Å². The van der Waals surface area contributed by atoms with Crippen LogP contribution in [0, 0.1) is 11.2 Å². The molecule has 4 aliphatic rings. The number of aliphatic hydroxyl groups excluding tert-OH is 1. The summed E-state index contributed by atoms with van der Waals surface area (Å²) in [5.41, 5.74) is -3.48. The Morgan fingerprint density at radius 2 is 1.95 bits per heavy atom. The Balaban J connectivity index is 1.50. The number of hydrogen-bond acceptors (Lipinski definition) is 6. The summed E-state index contributed by atoms with van der Waals surface area (Å²) < 4.78 is 49.9. The van der Waals surface area contributed by atoms with Crippen LogP contribution >= 0.6 is 23.2 Å². The molecule has 1 saturated carbocycles. The van der Waals surface area contributed by atoms with Gasteiger partial charge in [-0.15, -0.1) is 0 Å². The van der Waals surface area contributed by atoms with Gasteiger partial charge in [-0.05, 0) is 55.0 Å². The number of alkyl halides is 2. The van der Waals surface area contributed by atoms with Crippen LogP contribution in [0.2, 0.25) is 10.2 Å². The summed E-state index contributed by atoms with van der Waals surface area (Å²) in [6, 6.07) is 4.58. The van der Waals surface area contributed by atoms with Gasteiger partial charge in [0, 0.05) is 33.8 Å². The molecular weight excluding hydrogens is 584 g/mol. The van der Waals surface area contributed by atoms with Crippen LogP contribution in [0.3, 0.4) is 0 Å². The van der Waals surface area contributed by atoms with E-state index in [0.29, 0.717) is 29.1 Å². The Kier molecular flexibility index (Phi) is 7.26. The lowest BCUT2D eigenvalue weighted by Crippen LogP contribution is -2.70. The summed E-state index contributed by atoms with van der Waals surface area (Å²) in [5, 5.41) is 18.4. The van der Waals surface area contributed by atoms with E-state index < -0.39 is 70.5 Å². The van der Waals surface area contributed by atoms with Crippen LogP contribution in [0.15, 0.2) is 30.5 Å². The topological polar surface area (TPSA) is 113 Å². The van der Waals surface area contributed by atoms with E-state index in [1.807, 2.05) is 0 Å². The normalized spacial score (nSPS) is 31.1. The fraction of sp³-hybridized carbons (Fsp3) is 0.536. The zero-order valence-electron chi connectivity index (χ0n) is 21.9. The molecule has 6 rings (SSSR count).